The monoisotopic (exact) mass is 330 g/mol. The van der Waals surface area contributed by atoms with Gasteiger partial charge < -0.3 is 10.1 Å². The molecule has 4 nitrogen and oxygen atoms in total. The van der Waals surface area contributed by atoms with Crippen LogP contribution in [0.1, 0.15) is 38.7 Å². The van der Waals surface area contributed by atoms with Gasteiger partial charge in [-0.3, -0.25) is 4.79 Å². The van der Waals surface area contributed by atoms with E-state index >= 15 is 0 Å². The molecular formula is C19H23FN2O2. The average molecular weight is 330 g/mol. The number of hydrogen-bond acceptors (Lipinski definition) is 3. The van der Waals surface area contributed by atoms with Crippen molar-refractivity contribution in [2.45, 2.75) is 39.7 Å². The highest BCUT2D eigenvalue weighted by atomic mass is 19.1. The molecule has 1 heterocycles. The van der Waals surface area contributed by atoms with Crippen molar-refractivity contribution in [1.82, 2.24) is 10.3 Å². The van der Waals surface area contributed by atoms with Gasteiger partial charge in [0.15, 0.2) is 0 Å². The van der Waals surface area contributed by atoms with Crippen molar-refractivity contribution in [2.75, 3.05) is 0 Å². The molecule has 128 valence electrons. The fourth-order valence-corrected chi connectivity index (χ4v) is 2.38. The molecule has 0 saturated carbocycles. The van der Waals surface area contributed by atoms with Crippen molar-refractivity contribution >= 4 is 5.91 Å². The van der Waals surface area contributed by atoms with Gasteiger partial charge in [-0.1, -0.05) is 32.8 Å². The third kappa shape index (κ3) is 5.99. The Labute approximate surface area is 142 Å². The predicted octanol–water partition coefficient (Wildman–Crippen LogP) is 4.46. The number of amides is 1. The van der Waals surface area contributed by atoms with Crippen molar-refractivity contribution in [3.63, 3.8) is 0 Å². The lowest BCUT2D eigenvalue weighted by molar-refractivity contribution is -0.122. The Morgan fingerprint density at radius 3 is 2.62 bits per heavy atom. The summed E-state index contributed by atoms with van der Waals surface area (Å²) in [5.41, 5.74) is 0.901. The van der Waals surface area contributed by atoms with Crippen molar-refractivity contribution in [3.8, 4) is 11.6 Å². The van der Waals surface area contributed by atoms with Crippen molar-refractivity contribution < 1.29 is 13.9 Å². The maximum absolute atomic E-state index is 12.8. The quantitative estimate of drug-likeness (QED) is 0.777. The fourth-order valence-electron chi connectivity index (χ4n) is 2.38. The first kappa shape index (κ1) is 17.9. The van der Waals surface area contributed by atoms with E-state index in [-0.39, 0.29) is 11.7 Å². The van der Waals surface area contributed by atoms with Gasteiger partial charge in [-0.15, -0.1) is 0 Å². The topological polar surface area (TPSA) is 51.2 Å². The Hall–Kier alpha value is -2.43. The molecule has 1 atom stereocenters. The third-order valence-electron chi connectivity index (χ3n) is 3.64. The van der Waals surface area contributed by atoms with Gasteiger partial charge in [-0.05, 0) is 35.7 Å². The van der Waals surface area contributed by atoms with Gasteiger partial charge in [-0.25, -0.2) is 9.37 Å². The second-order valence-electron chi connectivity index (χ2n) is 5.94. The van der Waals surface area contributed by atoms with Gasteiger partial charge in [0.2, 0.25) is 11.8 Å². The molecule has 2 aromatic rings. The highest BCUT2D eigenvalue weighted by Crippen LogP contribution is 2.19. The van der Waals surface area contributed by atoms with Crippen molar-refractivity contribution in [3.05, 3.63) is 54.0 Å². The minimum atomic E-state index is -0.311. The molecule has 0 aliphatic carbocycles. The standard InChI is InChI=1S/C19H23FN2O2/c1-3-4-14(2)11-18(23)21-12-15-5-10-19(22-13-15)24-17-8-6-16(20)7-9-17/h5-10,13-14H,3-4,11-12H2,1-2H3,(H,21,23). The minimum absolute atomic E-state index is 0.0580. The SMILES string of the molecule is CCCC(C)CC(=O)NCc1ccc(Oc2ccc(F)cc2)nc1. The highest BCUT2D eigenvalue weighted by Gasteiger charge is 2.08. The highest BCUT2D eigenvalue weighted by molar-refractivity contribution is 5.76. The minimum Gasteiger partial charge on any atom is -0.439 e. The second kappa shape index (κ2) is 9.01. The molecule has 1 amide bonds. The van der Waals surface area contributed by atoms with Crippen molar-refractivity contribution in [1.29, 1.82) is 0 Å². The second-order valence-corrected chi connectivity index (χ2v) is 5.94. The number of nitrogens with zero attached hydrogens (tertiary/aromatic N) is 1. The smallest absolute Gasteiger partial charge is 0.220 e. The van der Waals surface area contributed by atoms with E-state index in [9.17, 15) is 9.18 Å². The molecule has 0 fully saturated rings. The maximum atomic E-state index is 12.8. The average Bonchev–Trinajstić information content (AvgIpc) is 2.56. The molecular weight excluding hydrogens is 307 g/mol. The molecule has 1 unspecified atom stereocenters. The van der Waals surface area contributed by atoms with E-state index in [1.807, 2.05) is 6.07 Å². The lowest BCUT2D eigenvalue weighted by Crippen LogP contribution is -2.24. The number of aromatic nitrogens is 1. The third-order valence-corrected chi connectivity index (χ3v) is 3.64. The summed E-state index contributed by atoms with van der Waals surface area (Å²) in [5, 5.41) is 2.90. The number of ether oxygens (including phenoxy) is 1. The first-order valence-corrected chi connectivity index (χ1v) is 8.22. The molecule has 5 heteroatoms. The zero-order valence-corrected chi connectivity index (χ0v) is 14.1. The molecule has 1 aromatic heterocycles. The van der Waals surface area contributed by atoms with E-state index in [1.54, 1.807) is 24.4 Å². The first-order chi connectivity index (χ1) is 11.6. The van der Waals surface area contributed by atoms with Crippen LogP contribution in [0.3, 0.4) is 0 Å². The van der Waals surface area contributed by atoms with Crippen molar-refractivity contribution in [2.24, 2.45) is 5.92 Å². The lowest BCUT2D eigenvalue weighted by atomic mass is 10.0. The Kier molecular flexibility index (Phi) is 6.73. The number of pyridine rings is 1. The van der Waals surface area contributed by atoms with Crippen LogP contribution in [0.5, 0.6) is 11.6 Å². The Bertz CT molecular complexity index is 641. The predicted molar refractivity (Wildman–Crippen MR) is 91.2 cm³/mol. The van der Waals surface area contributed by atoms with Crippen LogP contribution in [-0.2, 0) is 11.3 Å². The summed E-state index contributed by atoms with van der Waals surface area (Å²) >= 11 is 0. The van der Waals surface area contributed by atoms with Crippen LogP contribution in [-0.4, -0.2) is 10.9 Å². The van der Waals surface area contributed by atoms with Crippen LogP contribution >= 0.6 is 0 Å². The molecule has 1 aromatic carbocycles. The van der Waals surface area contributed by atoms with Gasteiger partial charge in [-0.2, -0.15) is 0 Å². The van der Waals surface area contributed by atoms with E-state index < -0.39 is 0 Å². The van der Waals surface area contributed by atoms with Crippen LogP contribution in [0.4, 0.5) is 4.39 Å². The maximum Gasteiger partial charge on any atom is 0.220 e. The number of nitrogens with one attached hydrogen (secondary N) is 1. The Balaban J connectivity index is 1.81. The van der Waals surface area contributed by atoms with Crippen LogP contribution in [0, 0.1) is 11.7 Å². The Morgan fingerprint density at radius 1 is 1.25 bits per heavy atom. The number of rotatable bonds is 8. The zero-order valence-electron chi connectivity index (χ0n) is 14.1. The molecule has 0 aliphatic heterocycles. The summed E-state index contributed by atoms with van der Waals surface area (Å²) in [6.45, 7) is 4.66. The molecule has 0 spiro atoms. The van der Waals surface area contributed by atoms with Crippen LogP contribution in [0.2, 0.25) is 0 Å². The van der Waals surface area contributed by atoms with Gasteiger partial charge in [0, 0.05) is 25.2 Å². The fraction of sp³-hybridized carbons (Fsp3) is 0.368. The normalized spacial score (nSPS) is 11.8. The van der Waals surface area contributed by atoms with Gasteiger partial charge in [0.05, 0.1) is 0 Å². The molecule has 0 aliphatic rings. The summed E-state index contributed by atoms with van der Waals surface area (Å²) < 4.78 is 18.4. The first-order valence-electron chi connectivity index (χ1n) is 8.22. The van der Waals surface area contributed by atoms with Crippen LogP contribution < -0.4 is 10.1 Å². The molecule has 0 radical (unpaired) electrons. The summed E-state index contributed by atoms with van der Waals surface area (Å²) in [6.07, 6.45) is 4.36. The van der Waals surface area contributed by atoms with Gasteiger partial charge in [0.1, 0.15) is 11.6 Å². The number of halogens is 1. The van der Waals surface area contributed by atoms with Gasteiger partial charge in [0.25, 0.3) is 0 Å². The molecule has 2 rings (SSSR count). The zero-order chi connectivity index (χ0) is 17.4. The van der Waals surface area contributed by atoms with E-state index in [2.05, 4.69) is 24.1 Å². The number of carbonyl (C=O) groups is 1. The summed E-state index contributed by atoms with van der Waals surface area (Å²) in [4.78, 5) is 16.0. The Morgan fingerprint density at radius 2 is 2.00 bits per heavy atom. The number of carbonyl (C=O) groups excluding carboxylic acids is 1. The van der Waals surface area contributed by atoms with Crippen LogP contribution in [0.15, 0.2) is 42.6 Å². The largest absolute Gasteiger partial charge is 0.439 e. The van der Waals surface area contributed by atoms with E-state index in [0.717, 1.165) is 18.4 Å². The number of hydrogen-bond donors (Lipinski definition) is 1. The van der Waals surface area contributed by atoms with Gasteiger partial charge >= 0.3 is 0 Å². The number of benzene rings is 1. The summed E-state index contributed by atoms with van der Waals surface area (Å²) in [5.74, 6) is 1.10. The molecule has 0 bridgehead atoms. The molecule has 0 saturated heterocycles. The van der Waals surface area contributed by atoms with E-state index in [0.29, 0.717) is 30.5 Å². The van der Waals surface area contributed by atoms with Crippen LogP contribution in [0.25, 0.3) is 0 Å². The molecule has 1 N–H and O–H groups in total. The van der Waals surface area contributed by atoms with E-state index in [1.165, 1.54) is 12.1 Å². The molecule has 24 heavy (non-hydrogen) atoms. The summed E-state index contributed by atoms with van der Waals surface area (Å²) in [7, 11) is 0. The lowest BCUT2D eigenvalue weighted by Gasteiger charge is -2.10. The summed E-state index contributed by atoms with van der Waals surface area (Å²) in [6, 6.07) is 9.33. The van der Waals surface area contributed by atoms with E-state index in [4.69, 9.17) is 4.74 Å².